The molecule has 2 aromatic rings. The van der Waals surface area contributed by atoms with E-state index in [4.69, 9.17) is 15.9 Å². The lowest BCUT2D eigenvalue weighted by Gasteiger charge is -2.37. The molecular weight excluding hydrogens is 416 g/mol. The Balaban J connectivity index is 2.11. The van der Waals surface area contributed by atoms with Gasteiger partial charge >= 0.3 is 11.9 Å². The van der Waals surface area contributed by atoms with Gasteiger partial charge in [-0.2, -0.15) is 0 Å². The number of ether oxygens (including phenoxy) is 2. The van der Waals surface area contributed by atoms with Gasteiger partial charge in [0.2, 0.25) is 0 Å². The zero-order valence-electron chi connectivity index (χ0n) is 17.2. The third-order valence-corrected chi connectivity index (χ3v) is 5.58. The molecule has 0 heterocycles. The molecule has 2 N–H and O–H groups in total. The van der Waals surface area contributed by atoms with Gasteiger partial charge in [-0.25, -0.2) is 0 Å². The summed E-state index contributed by atoms with van der Waals surface area (Å²) < 4.78 is 10.6. The first kappa shape index (κ1) is 21.3. The molecule has 0 aromatic heterocycles. The molecule has 8 nitrogen and oxygen atoms in total. The minimum atomic E-state index is -1.82. The SMILES string of the molecule is C#C[C@]1(O)Cc2c(OC(C)=O)c3c(c(O)c2[C@H](OC(C)=O)C1)C(=O)c1ccccc1C3=O. The number of rotatable bonds is 2. The van der Waals surface area contributed by atoms with Gasteiger partial charge in [-0.3, -0.25) is 19.2 Å². The van der Waals surface area contributed by atoms with E-state index in [2.05, 4.69) is 5.92 Å². The average molecular weight is 434 g/mol. The molecular formula is C24H18O8. The van der Waals surface area contributed by atoms with Crippen LogP contribution in [0.2, 0.25) is 0 Å². The number of aromatic hydroxyl groups is 1. The summed E-state index contributed by atoms with van der Waals surface area (Å²) >= 11 is 0. The molecule has 0 saturated carbocycles. The molecule has 0 unspecified atom stereocenters. The van der Waals surface area contributed by atoms with Crippen LogP contribution in [0, 0.1) is 12.3 Å². The van der Waals surface area contributed by atoms with Crippen molar-refractivity contribution in [1.29, 1.82) is 0 Å². The van der Waals surface area contributed by atoms with Gasteiger partial charge in [0.15, 0.2) is 11.6 Å². The second-order valence-corrected chi connectivity index (χ2v) is 7.77. The summed E-state index contributed by atoms with van der Waals surface area (Å²) in [7, 11) is 0. The molecule has 0 saturated heterocycles. The van der Waals surface area contributed by atoms with Gasteiger partial charge < -0.3 is 19.7 Å². The molecule has 0 fully saturated rings. The van der Waals surface area contributed by atoms with Crippen molar-refractivity contribution in [3.05, 3.63) is 57.6 Å². The molecule has 2 aromatic carbocycles. The molecule has 0 bridgehead atoms. The number of aliphatic hydroxyl groups is 1. The van der Waals surface area contributed by atoms with E-state index in [1.807, 2.05) is 0 Å². The Morgan fingerprint density at radius 3 is 2.22 bits per heavy atom. The van der Waals surface area contributed by atoms with Gasteiger partial charge in [0.1, 0.15) is 23.2 Å². The molecule has 0 amide bonds. The van der Waals surface area contributed by atoms with Crippen molar-refractivity contribution in [3.8, 4) is 23.8 Å². The number of carbonyl (C=O) groups excluding carboxylic acids is 4. The van der Waals surface area contributed by atoms with Crippen LogP contribution in [0.3, 0.4) is 0 Å². The monoisotopic (exact) mass is 434 g/mol. The minimum absolute atomic E-state index is 0.0231. The van der Waals surface area contributed by atoms with Gasteiger partial charge in [-0.05, 0) is 0 Å². The number of ketones is 2. The average Bonchev–Trinajstić information content (AvgIpc) is 2.73. The van der Waals surface area contributed by atoms with E-state index in [0.717, 1.165) is 13.8 Å². The number of hydrogen-bond donors (Lipinski definition) is 2. The van der Waals surface area contributed by atoms with Crippen molar-refractivity contribution in [3.63, 3.8) is 0 Å². The van der Waals surface area contributed by atoms with Crippen molar-refractivity contribution in [2.45, 2.75) is 38.4 Å². The molecule has 2 aliphatic carbocycles. The largest absolute Gasteiger partial charge is 0.507 e. The Bertz CT molecular complexity index is 1270. The maximum atomic E-state index is 13.3. The number of benzene rings is 2. The highest BCUT2D eigenvalue weighted by molar-refractivity contribution is 6.30. The van der Waals surface area contributed by atoms with Gasteiger partial charge in [0.25, 0.3) is 0 Å². The molecule has 0 radical (unpaired) electrons. The van der Waals surface area contributed by atoms with E-state index in [-0.39, 0.29) is 52.0 Å². The quantitative estimate of drug-likeness (QED) is 0.356. The van der Waals surface area contributed by atoms with Crippen LogP contribution in [-0.2, 0) is 20.7 Å². The van der Waals surface area contributed by atoms with Gasteiger partial charge in [0, 0.05) is 48.9 Å². The molecule has 0 aliphatic heterocycles. The number of phenolic OH excluding ortho intramolecular Hbond substituents is 1. The van der Waals surface area contributed by atoms with Crippen LogP contribution in [0.4, 0.5) is 0 Å². The lowest BCUT2D eigenvalue weighted by atomic mass is 9.73. The lowest BCUT2D eigenvalue weighted by Crippen LogP contribution is -2.38. The fraction of sp³-hybridized carbons (Fsp3) is 0.250. The molecule has 8 heteroatoms. The predicted octanol–water partition coefficient (Wildman–Crippen LogP) is 2.01. The first-order chi connectivity index (χ1) is 15.1. The maximum absolute atomic E-state index is 13.3. The van der Waals surface area contributed by atoms with Gasteiger partial charge in [-0.15, -0.1) is 6.42 Å². The van der Waals surface area contributed by atoms with E-state index in [9.17, 15) is 29.4 Å². The van der Waals surface area contributed by atoms with E-state index >= 15 is 0 Å². The smallest absolute Gasteiger partial charge is 0.308 e. The number of esters is 2. The standard InChI is InChI=1S/C24H18O8/c1-4-24(30)9-15-17(16(10-24)31-11(2)25)22(29)18-19(23(15)32-12(3)26)21(28)14-8-6-5-7-13(14)20(18)27/h1,5-8,16,29-30H,9-10H2,2-3H3/t16-,24+/m1/s1. The Labute approximate surface area is 182 Å². The number of carbonyl (C=O) groups is 4. The van der Waals surface area contributed by atoms with Crippen molar-refractivity contribution in [2.24, 2.45) is 0 Å². The van der Waals surface area contributed by atoms with Crippen molar-refractivity contribution < 1.29 is 38.9 Å². The minimum Gasteiger partial charge on any atom is -0.507 e. The molecule has 32 heavy (non-hydrogen) atoms. The Kier molecular flexibility index (Phi) is 4.87. The van der Waals surface area contributed by atoms with Crippen molar-refractivity contribution in [2.75, 3.05) is 0 Å². The number of terminal acetylenes is 1. The molecule has 162 valence electrons. The summed E-state index contributed by atoms with van der Waals surface area (Å²) in [5, 5.41) is 22.0. The van der Waals surface area contributed by atoms with E-state index in [1.165, 1.54) is 12.1 Å². The second-order valence-electron chi connectivity index (χ2n) is 7.77. The Hall–Kier alpha value is -3.96. The first-order valence-electron chi connectivity index (χ1n) is 9.74. The second kappa shape index (κ2) is 7.32. The van der Waals surface area contributed by atoms with Crippen LogP contribution < -0.4 is 4.74 Å². The normalized spacial score (nSPS) is 21.0. The van der Waals surface area contributed by atoms with Crippen LogP contribution in [0.5, 0.6) is 11.5 Å². The molecule has 2 atom stereocenters. The van der Waals surface area contributed by atoms with Crippen molar-refractivity contribution in [1.82, 2.24) is 0 Å². The maximum Gasteiger partial charge on any atom is 0.308 e. The topological polar surface area (TPSA) is 127 Å². The third-order valence-electron chi connectivity index (χ3n) is 5.58. The van der Waals surface area contributed by atoms with Crippen molar-refractivity contribution >= 4 is 23.5 Å². The molecule has 0 spiro atoms. The van der Waals surface area contributed by atoms with E-state index in [0.29, 0.717) is 0 Å². The van der Waals surface area contributed by atoms with Crippen LogP contribution >= 0.6 is 0 Å². The first-order valence-corrected chi connectivity index (χ1v) is 9.74. The van der Waals surface area contributed by atoms with Gasteiger partial charge in [0.05, 0.1) is 11.1 Å². The number of hydrogen-bond acceptors (Lipinski definition) is 8. The van der Waals surface area contributed by atoms with Gasteiger partial charge in [-0.1, -0.05) is 30.2 Å². The summed E-state index contributed by atoms with van der Waals surface area (Å²) in [6, 6.07) is 6.05. The van der Waals surface area contributed by atoms with Crippen LogP contribution in [-0.4, -0.2) is 39.3 Å². The highest BCUT2D eigenvalue weighted by atomic mass is 16.5. The van der Waals surface area contributed by atoms with Crippen LogP contribution in [0.1, 0.15) is 69.3 Å². The fourth-order valence-electron chi connectivity index (χ4n) is 4.33. The molecule has 2 aliphatic rings. The zero-order valence-corrected chi connectivity index (χ0v) is 17.2. The summed E-state index contributed by atoms with van der Waals surface area (Å²) in [5.41, 5.74) is -2.32. The summed E-state index contributed by atoms with van der Waals surface area (Å²) in [6.07, 6.45) is 3.69. The lowest BCUT2D eigenvalue weighted by molar-refractivity contribution is -0.150. The summed E-state index contributed by atoms with van der Waals surface area (Å²) in [6.45, 7) is 2.24. The third kappa shape index (κ3) is 3.15. The highest BCUT2D eigenvalue weighted by Crippen LogP contribution is 2.51. The van der Waals surface area contributed by atoms with E-state index < -0.39 is 41.0 Å². The summed E-state index contributed by atoms with van der Waals surface area (Å²) in [4.78, 5) is 50.3. The predicted molar refractivity (Wildman–Crippen MR) is 109 cm³/mol. The molecule has 4 rings (SSSR count). The summed E-state index contributed by atoms with van der Waals surface area (Å²) in [5.74, 6) is -1.44. The van der Waals surface area contributed by atoms with E-state index in [1.54, 1.807) is 12.1 Å². The fourth-order valence-corrected chi connectivity index (χ4v) is 4.33. The van der Waals surface area contributed by atoms with Crippen LogP contribution in [0.15, 0.2) is 24.3 Å². The Morgan fingerprint density at radius 2 is 1.69 bits per heavy atom. The van der Waals surface area contributed by atoms with Crippen LogP contribution in [0.25, 0.3) is 0 Å². The zero-order chi connectivity index (χ0) is 23.4. The number of fused-ring (bicyclic) bond motifs is 3. The number of phenols is 1. The highest BCUT2D eigenvalue weighted by Gasteiger charge is 2.46. The Morgan fingerprint density at radius 1 is 1.09 bits per heavy atom.